The largest absolute Gasteiger partial charge is 0.390 e. The lowest BCUT2D eigenvalue weighted by Crippen LogP contribution is -2.38. The maximum absolute atomic E-state index is 10.0. The van der Waals surface area contributed by atoms with Gasteiger partial charge in [0.05, 0.1) is 6.10 Å². The zero-order valence-electron chi connectivity index (χ0n) is 12.7. The number of aliphatic hydroxyl groups is 1. The van der Waals surface area contributed by atoms with E-state index < -0.39 is 0 Å². The highest BCUT2D eigenvalue weighted by atomic mass is 16.3. The molecule has 3 nitrogen and oxygen atoms in total. The van der Waals surface area contributed by atoms with Crippen molar-refractivity contribution in [1.82, 2.24) is 10.2 Å². The minimum atomic E-state index is -0.313. The standard InChI is InChI=1S/C16H28N2O/c1-5-18(6-2)12-16(19)11-17-14(4)15-9-7-8-13(3)10-15/h7-10,14,16-17,19H,5-6,11-12H2,1-4H3/t14-,16?/m1/s1. The van der Waals surface area contributed by atoms with E-state index in [2.05, 4.69) is 62.2 Å². The van der Waals surface area contributed by atoms with E-state index in [9.17, 15) is 5.11 Å². The van der Waals surface area contributed by atoms with Crippen LogP contribution in [0.3, 0.4) is 0 Å². The van der Waals surface area contributed by atoms with Crippen molar-refractivity contribution in [2.45, 2.75) is 39.8 Å². The quantitative estimate of drug-likeness (QED) is 0.756. The van der Waals surface area contributed by atoms with Crippen molar-refractivity contribution in [1.29, 1.82) is 0 Å². The normalized spacial score (nSPS) is 14.6. The molecule has 0 aliphatic heterocycles. The summed E-state index contributed by atoms with van der Waals surface area (Å²) < 4.78 is 0. The molecule has 2 N–H and O–H groups in total. The molecule has 0 heterocycles. The van der Waals surface area contributed by atoms with E-state index in [-0.39, 0.29) is 12.1 Å². The van der Waals surface area contributed by atoms with Crippen LogP contribution in [0.5, 0.6) is 0 Å². The smallest absolute Gasteiger partial charge is 0.0791 e. The van der Waals surface area contributed by atoms with Crippen molar-refractivity contribution in [3.05, 3.63) is 35.4 Å². The summed E-state index contributed by atoms with van der Waals surface area (Å²) in [6.45, 7) is 11.8. The molecule has 3 heteroatoms. The molecule has 0 saturated heterocycles. The predicted octanol–water partition coefficient (Wildman–Crippen LogP) is 2.35. The van der Waals surface area contributed by atoms with Gasteiger partial charge in [-0.3, -0.25) is 0 Å². The first-order chi connectivity index (χ1) is 9.06. The fraction of sp³-hybridized carbons (Fsp3) is 0.625. The molecule has 1 aromatic carbocycles. The molecule has 0 aliphatic rings. The monoisotopic (exact) mass is 264 g/mol. The summed E-state index contributed by atoms with van der Waals surface area (Å²) in [5.74, 6) is 0. The summed E-state index contributed by atoms with van der Waals surface area (Å²) in [7, 11) is 0. The van der Waals surface area contributed by atoms with Crippen molar-refractivity contribution in [3.63, 3.8) is 0 Å². The Morgan fingerprint density at radius 3 is 2.53 bits per heavy atom. The Hall–Kier alpha value is -0.900. The predicted molar refractivity (Wildman–Crippen MR) is 81.4 cm³/mol. The average Bonchev–Trinajstić information content (AvgIpc) is 2.42. The first kappa shape index (κ1) is 16.2. The van der Waals surface area contributed by atoms with Crippen LogP contribution in [0.1, 0.15) is 37.9 Å². The van der Waals surface area contributed by atoms with Gasteiger partial charge < -0.3 is 15.3 Å². The SMILES string of the molecule is CCN(CC)CC(O)CN[C@H](C)c1cccc(C)c1. The number of aliphatic hydroxyl groups excluding tert-OH is 1. The maximum atomic E-state index is 10.0. The number of hydrogen-bond donors (Lipinski definition) is 2. The van der Waals surface area contributed by atoms with Crippen LogP contribution in [-0.2, 0) is 0 Å². The molecule has 0 saturated carbocycles. The Bertz CT molecular complexity index is 364. The van der Waals surface area contributed by atoms with E-state index in [1.165, 1.54) is 11.1 Å². The van der Waals surface area contributed by atoms with Crippen molar-refractivity contribution in [2.24, 2.45) is 0 Å². The number of benzene rings is 1. The van der Waals surface area contributed by atoms with Crippen LogP contribution in [-0.4, -0.2) is 42.3 Å². The van der Waals surface area contributed by atoms with Crippen LogP contribution < -0.4 is 5.32 Å². The van der Waals surface area contributed by atoms with Gasteiger partial charge in [0.2, 0.25) is 0 Å². The number of nitrogens with one attached hydrogen (secondary N) is 1. The second-order valence-corrected chi connectivity index (χ2v) is 5.18. The number of likely N-dealkylation sites (N-methyl/N-ethyl adjacent to an activating group) is 1. The van der Waals surface area contributed by atoms with E-state index in [1.807, 2.05) is 0 Å². The first-order valence-corrected chi connectivity index (χ1v) is 7.27. The van der Waals surface area contributed by atoms with Gasteiger partial charge in [-0.15, -0.1) is 0 Å². The highest BCUT2D eigenvalue weighted by molar-refractivity contribution is 5.24. The van der Waals surface area contributed by atoms with Gasteiger partial charge in [-0.1, -0.05) is 43.7 Å². The van der Waals surface area contributed by atoms with E-state index in [0.717, 1.165) is 19.6 Å². The molecule has 1 rings (SSSR count). The molecule has 0 aromatic heterocycles. The summed E-state index contributed by atoms with van der Waals surface area (Å²) in [4.78, 5) is 2.24. The minimum Gasteiger partial charge on any atom is -0.390 e. The van der Waals surface area contributed by atoms with Crippen LogP contribution in [0.4, 0.5) is 0 Å². The summed E-state index contributed by atoms with van der Waals surface area (Å²) in [5.41, 5.74) is 2.55. The zero-order valence-corrected chi connectivity index (χ0v) is 12.7. The first-order valence-electron chi connectivity index (χ1n) is 7.27. The Balaban J connectivity index is 2.39. The van der Waals surface area contributed by atoms with Crippen LogP contribution in [0, 0.1) is 6.92 Å². The lowest BCUT2D eigenvalue weighted by atomic mass is 10.1. The maximum Gasteiger partial charge on any atom is 0.0791 e. The fourth-order valence-electron chi connectivity index (χ4n) is 2.21. The van der Waals surface area contributed by atoms with E-state index >= 15 is 0 Å². The number of nitrogens with zero attached hydrogens (tertiary/aromatic N) is 1. The highest BCUT2D eigenvalue weighted by Crippen LogP contribution is 2.13. The van der Waals surface area contributed by atoms with Crippen molar-refractivity contribution in [3.8, 4) is 0 Å². The Kier molecular flexibility index (Phi) is 7.06. The number of rotatable bonds is 8. The number of hydrogen-bond acceptors (Lipinski definition) is 3. The number of aryl methyl sites for hydroxylation is 1. The van der Waals surface area contributed by atoms with Gasteiger partial charge in [0, 0.05) is 19.1 Å². The third-order valence-corrected chi connectivity index (χ3v) is 3.57. The van der Waals surface area contributed by atoms with Crippen molar-refractivity contribution < 1.29 is 5.11 Å². The summed E-state index contributed by atoms with van der Waals surface area (Å²) in [6, 6.07) is 8.77. The van der Waals surface area contributed by atoms with E-state index in [4.69, 9.17) is 0 Å². The van der Waals surface area contributed by atoms with E-state index in [0.29, 0.717) is 6.54 Å². The lowest BCUT2D eigenvalue weighted by molar-refractivity contribution is 0.114. The molecular formula is C16H28N2O. The lowest BCUT2D eigenvalue weighted by Gasteiger charge is -2.23. The second-order valence-electron chi connectivity index (χ2n) is 5.18. The molecule has 1 aromatic rings. The molecule has 0 fully saturated rings. The molecule has 2 atom stereocenters. The molecule has 108 valence electrons. The highest BCUT2D eigenvalue weighted by Gasteiger charge is 2.11. The van der Waals surface area contributed by atoms with Gasteiger partial charge in [0.15, 0.2) is 0 Å². The molecule has 19 heavy (non-hydrogen) atoms. The third-order valence-electron chi connectivity index (χ3n) is 3.57. The Morgan fingerprint density at radius 1 is 1.26 bits per heavy atom. The third kappa shape index (κ3) is 5.72. The Morgan fingerprint density at radius 2 is 1.95 bits per heavy atom. The Labute approximate surface area is 117 Å². The summed E-state index contributed by atoms with van der Waals surface area (Å²) in [6.07, 6.45) is -0.313. The fourth-order valence-corrected chi connectivity index (χ4v) is 2.21. The molecule has 1 unspecified atom stereocenters. The van der Waals surface area contributed by atoms with Crippen LogP contribution in [0.2, 0.25) is 0 Å². The summed E-state index contributed by atoms with van der Waals surface area (Å²) >= 11 is 0. The molecular weight excluding hydrogens is 236 g/mol. The van der Waals surface area contributed by atoms with Gasteiger partial charge in [0.1, 0.15) is 0 Å². The van der Waals surface area contributed by atoms with Gasteiger partial charge in [-0.05, 0) is 32.5 Å². The van der Waals surface area contributed by atoms with Crippen LogP contribution in [0.15, 0.2) is 24.3 Å². The van der Waals surface area contributed by atoms with E-state index in [1.54, 1.807) is 0 Å². The molecule has 0 spiro atoms. The molecule has 0 bridgehead atoms. The molecule has 0 radical (unpaired) electrons. The van der Waals surface area contributed by atoms with Gasteiger partial charge in [-0.2, -0.15) is 0 Å². The summed E-state index contributed by atoms with van der Waals surface area (Å²) in [5, 5.41) is 13.4. The van der Waals surface area contributed by atoms with Crippen LogP contribution >= 0.6 is 0 Å². The van der Waals surface area contributed by atoms with Crippen LogP contribution in [0.25, 0.3) is 0 Å². The average molecular weight is 264 g/mol. The van der Waals surface area contributed by atoms with Crippen molar-refractivity contribution in [2.75, 3.05) is 26.2 Å². The zero-order chi connectivity index (χ0) is 14.3. The molecule has 0 amide bonds. The topological polar surface area (TPSA) is 35.5 Å². The van der Waals surface area contributed by atoms with Gasteiger partial charge >= 0.3 is 0 Å². The molecule has 0 aliphatic carbocycles. The second kappa shape index (κ2) is 8.31. The van der Waals surface area contributed by atoms with Gasteiger partial charge in [0.25, 0.3) is 0 Å². The van der Waals surface area contributed by atoms with Crippen molar-refractivity contribution >= 4 is 0 Å². The minimum absolute atomic E-state index is 0.270. The van der Waals surface area contributed by atoms with Gasteiger partial charge in [-0.25, -0.2) is 0 Å².